The van der Waals surface area contributed by atoms with Crippen LogP contribution in [-0.2, 0) is 16.6 Å². The van der Waals surface area contributed by atoms with E-state index >= 15 is 0 Å². The number of rotatable bonds is 4. The van der Waals surface area contributed by atoms with E-state index in [0.717, 1.165) is 31.1 Å². The maximum atomic E-state index is 11.7. The highest BCUT2D eigenvalue weighted by Crippen LogP contribution is 2.11. The van der Waals surface area contributed by atoms with Gasteiger partial charge in [0.05, 0.1) is 11.4 Å². The Morgan fingerprint density at radius 3 is 2.50 bits per heavy atom. The molecule has 1 aliphatic rings. The second kappa shape index (κ2) is 5.38. The monoisotopic (exact) mass is 273 g/mol. The molecule has 18 heavy (non-hydrogen) atoms. The van der Waals surface area contributed by atoms with Gasteiger partial charge in [-0.05, 0) is 13.8 Å². The molecule has 0 amide bonds. The third kappa shape index (κ3) is 3.09. The summed E-state index contributed by atoms with van der Waals surface area (Å²) in [6.07, 6.45) is 0. The van der Waals surface area contributed by atoms with Crippen LogP contribution in [0.25, 0.3) is 0 Å². The molecule has 1 saturated heterocycles. The average molecular weight is 273 g/mol. The predicted molar refractivity (Wildman–Crippen MR) is 67.6 cm³/mol. The van der Waals surface area contributed by atoms with Gasteiger partial charge in [-0.1, -0.05) is 5.16 Å². The molecule has 0 radical (unpaired) electrons. The van der Waals surface area contributed by atoms with Crippen molar-refractivity contribution in [2.45, 2.75) is 20.4 Å². The normalized spacial score (nSPS) is 19.2. The second-order valence-corrected chi connectivity index (χ2v) is 6.76. The van der Waals surface area contributed by atoms with E-state index in [0.29, 0.717) is 13.1 Å². The molecule has 0 aromatic carbocycles. The van der Waals surface area contributed by atoms with Crippen LogP contribution in [-0.4, -0.2) is 54.7 Å². The van der Waals surface area contributed by atoms with Crippen molar-refractivity contribution in [1.82, 2.24) is 14.4 Å². The lowest BCUT2D eigenvalue weighted by molar-refractivity contribution is 0.178. The van der Waals surface area contributed by atoms with E-state index in [1.807, 2.05) is 13.0 Å². The van der Waals surface area contributed by atoms with Crippen LogP contribution in [0.3, 0.4) is 0 Å². The third-order valence-electron chi connectivity index (χ3n) is 3.15. The molecule has 6 nitrogen and oxygen atoms in total. The lowest BCUT2D eigenvalue weighted by atomic mass is 10.3. The van der Waals surface area contributed by atoms with E-state index in [2.05, 4.69) is 10.1 Å². The zero-order chi connectivity index (χ0) is 13.2. The van der Waals surface area contributed by atoms with Crippen LogP contribution in [0.15, 0.2) is 10.6 Å². The van der Waals surface area contributed by atoms with Gasteiger partial charge in [0.2, 0.25) is 10.0 Å². The lowest BCUT2D eigenvalue weighted by Gasteiger charge is -2.33. The molecule has 0 N–H and O–H groups in total. The summed E-state index contributed by atoms with van der Waals surface area (Å²) in [6, 6.07) is 1.91. The van der Waals surface area contributed by atoms with Crippen molar-refractivity contribution in [2.75, 3.05) is 31.9 Å². The van der Waals surface area contributed by atoms with Gasteiger partial charge in [-0.3, -0.25) is 4.90 Å². The Balaban J connectivity index is 1.87. The highest BCUT2D eigenvalue weighted by Gasteiger charge is 2.25. The van der Waals surface area contributed by atoms with Crippen molar-refractivity contribution in [3.8, 4) is 0 Å². The number of sulfonamides is 1. The Morgan fingerprint density at radius 1 is 1.33 bits per heavy atom. The van der Waals surface area contributed by atoms with Crippen molar-refractivity contribution in [1.29, 1.82) is 0 Å². The molecule has 102 valence electrons. The minimum Gasteiger partial charge on any atom is -0.361 e. The van der Waals surface area contributed by atoms with E-state index in [-0.39, 0.29) is 5.75 Å². The van der Waals surface area contributed by atoms with E-state index in [1.54, 1.807) is 11.2 Å². The zero-order valence-electron chi connectivity index (χ0n) is 10.8. The molecule has 1 fully saturated rings. The van der Waals surface area contributed by atoms with Gasteiger partial charge in [-0.15, -0.1) is 0 Å². The lowest BCUT2D eigenvalue weighted by Crippen LogP contribution is -2.48. The molecular weight excluding hydrogens is 254 g/mol. The van der Waals surface area contributed by atoms with Crippen molar-refractivity contribution >= 4 is 10.0 Å². The molecule has 1 aromatic heterocycles. The quantitative estimate of drug-likeness (QED) is 0.797. The molecule has 7 heteroatoms. The number of nitrogens with zero attached hydrogens (tertiary/aromatic N) is 3. The van der Waals surface area contributed by atoms with Crippen LogP contribution >= 0.6 is 0 Å². The Bertz CT molecular complexity index is 489. The minimum atomic E-state index is -3.04. The topological polar surface area (TPSA) is 66.7 Å². The molecule has 1 aliphatic heterocycles. The second-order valence-electron chi connectivity index (χ2n) is 4.50. The summed E-state index contributed by atoms with van der Waals surface area (Å²) in [5, 5.41) is 3.95. The molecule has 2 heterocycles. The van der Waals surface area contributed by atoms with Gasteiger partial charge in [0.1, 0.15) is 5.76 Å². The molecule has 0 unspecified atom stereocenters. The summed E-state index contributed by atoms with van der Waals surface area (Å²) < 4.78 is 30.0. The summed E-state index contributed by atoms with van der Waals surface area (Å²) in [6.45, 7) is 6.87. The van der Waals surface area contributed by atoms with Crippen LogP contribution in [0, 0.1) is 6.92 Å². The first-order valence-electron chi connectivity index (χ1n) is 6.13. The minimum absolute atomic E-state index is 0.176. The van der Waals surface area contributed by atoms with E-state index < -0.39 is 10.0 Å². The fourth-order valence-electron chi connectivity index (χ4n) is 2.07. The van der Waals surface area contributed by atoms with E-state index in [4.69, 9.17) is 4.52 Å². The highest BCUT2D eigenvalue weighted by molar-refractivity contribution is 7.89. The van der Waals surface area contributed by atoms with Gasteiger partial charge in [-0.2, -0.15) is 4.31 Å². The van der Waals surface area contributed by atoms with Crippen LogP contribution in [0.4, 0.5) is 0 Å². The van der Waals surface area contributed by atoms with Gasteiger partial charge in [0.25, 0.3) is 0 Å². The number of aryl methyl sites for hydroxylation is 1. The molecule has 0 saturated carbocycles. The third-order valence-corrected chi connectivity index (χ3v) is 5.03. The summed E-state index contributed by atoms with van der Waals surface area (Å²) in [5.74, 6) is 0.979. The first-order valence-corrected chi connectivity index (χ1v) is 7.74. The fourth-order valence-corrected chi connectivity index (χ4v) is 3.15. The van der Waals surface area contributed by atoms with Gasteiger partial charge < -0.3 is 4.52 Å². The molecule has 0 atom stereocenters. The molecule has 0 aliphatic carbocycles. The average Bonchev–Trinajstić information content (AvgIpc) is 2.75. The Morgan fingerprint density at radius 2 is 2.00 bits per heavy atom. The number of aromatic nitrogens is 1. The molecular formula is C11H19N3O3S. The maximum Gasteiger partial charge on any atom is 0.213 e. The standard InChI is InChI=1S/C11H19N3O3S/c1-3-18(15,16)14-6-4-13(5-7-14)9-11-8-10(2)17-12-11/h8H,3-7,9H2,1-2H3. The van der Waals surface area contributed by atoms with Gasteiger partial charge in [0, 0.05) is 38.8 Å². The highest BCUT2D eigenvalue weighted by atomic mass is 32.2. The maximum absolute atomic E-state index is 11.7. The van der Waals surface area contributed by atoms with Crippen LogP contribution in [0.5, 0.6) is 0 Å². The van der Waals surface area contributed by atoms with Crippen molar-refractivity contribution < 1.29 is 12.9 Å². The van der Waals surface area contributed by atoms with Crippen LogP contribution < -0.4 is 0 Å². The first kappa shape index (κ1) is 13.5. The molecule has 0 bridgehead atoms. The summed E-state index contributed by atoms with van der Waals surface area (Å²) in [7, 11) is -3.04. The summed E-state index contributed by atoms with van der Waals surface area (Å²) >= 11 is 0. The Labute approximate surface area is 108 Å². The molecule has 2 rings (SSSR count). The van der Waals surface area contributed by atoms with E-state index in [9.17, 15) is 8.42 Å². The molecule has 0 spiro atoms. The van der Waals surface area contributed by atoms with Crippen LogP contribution in [0.2, 0.25) is 0 Å². The Kier molecular flexibility index (Phi) is 4.04. The number of hydrogen-bond acceptors (Lipinski definition) is 5. The summed E-state index contributed by atoms with van der Waals surface area (Å²) in [5.41, 5.74) is 0.902. The van der Waals surface area contributed by atoms with Crippen molar-refractivity contribution in [3.05, 3.63) is 17.5 Å². The number of piperazine rings is 1. The van der Waals surface area contributed by atoms with Gasteiger partial charge in [-0.25, -0.2) is 8.42 Å². The largest absolute Gasteiger partial charge is 0.361 e. The summed E-state index contributed by atoms with van der Waals surface area (Å²) in [4.78, 5) is 2.19. The fraction of sp³-hybridized carbons (Fsp3) is 0.727. The van der Waals surface area contributed by atoms with Crippen molar-refractivity contribution in [3.63, 3.8) is 0 Å². The van der Waals surface area contributed by atoms with Crippen molar-refractivity contribution in [2.24, 2.45) is 0 Å². The number of hydrogen-bond donors (Lipinski definition) is 0. The zero-order valence-corrected chi connectivity index (χ0v) is 11.6. The van der Waals surface area contributed by atoms with E-state index in [1.165, 1.54) is 0 Å². The molecule has 1 aromatic rings. The van der Waals surface area contributed by atoms with Gasteiger partial charge in [0.15, 0.2) is 0 Å². The van der Waals surface area contributed by atoms with Gasteiger partial charge >= 0.3 is 0 Å². The van der Waals surface area contributed by atoms with Crippen LogP contribution in [0.1, 0.15) is 18.4 Å². The predicted octanol–water partition coefficient (Wildman–Crippen LogP) is 0.450. The Hall–Kier alpha value is -0.920. The first-order chi connectivity index (χ1) is 8.51. The smallest absolute Gasteiger partial charge is 0.213 e. The SMILES string of the molecule is CCS(=O)(=O)N1CCN(Cc2cc(C)on2)CC1.